The topological polar surface area (TPSA) is 60.8 Å². The monoisotopic (exact) mass is 341 g/mol. The van der Waals surface area contributed by atoms with Gasteiger partial charge in [0.25, 0.3) is 0 Å². The molecule has 0 bridgehead atoms. The number of ether oxygens (including phenoxy) is 2. The average molecular weight is 341 g/mol. The Morgan fingerprint density at radius 3 is 2.76 bits per heavy atom. The van der Waals surface area contributed by atoms with Crippen molar-refractivity contribution < 1.29 is 19.2 Å². The second kappa shape index (κ2) is 7.89. The molecule has 5 nitrogen and oxygen atoms in total. The maximum Gasteiger partial charge on any atom is 0.454 e. The predicted molar refractivity (Wildman–Crippen MR) is 98.2 cm³/mol. The van der Waals surface area contributed by atoms with Crippen LogP contribution in [-0.2, 0) is 11.1 Å². The third kappa shape index (κ3) is 3.80. The second-order valence-electron chi connectivity index (χ2n) is 6.14. The Balaban J connectivity index is 2.01. The summed E-state index contributed by atoms with van der Waals surface area (Å²) in [4.78, 5) is 4.65. The van der Waals surface area contributed by atoms with E-state index >= 15 is 0 Å². The molecule has 0 aliphatic carbocycles. The molecule has 0 amide bonds. The molecule has 0 spiro atoms. The van der Waals surface area contributed by atoms with Gasteiger partial charge in [-0.25, -0.2) is 0 Å². The molecule has 6 heteroatoms. The largest absolute Gasteiger partial charge is 0.493 e. The Bertz CT molecular complexity index is 737. The van der Waals surface area contributed by atoms with Gasteiger partial charge in [0, 0.05) is 30.0 Å². The van der Waals surface area contributed by atoms with Gasteiger partial charge in [-0.1, -0.05) is 13.0 Å². The molecule has 1 aliphatic rings. The molecule has 2 aromatic rings. The number of rotatable bonds is 6. The first-order valence-corrected chi connectivity index (χ1v) is 8.75. The van der Waals surface area contributed by atoms with E-state index < -0.39 is 7.12 Å². The van der Waals surface area contributed by atoms with Crippen LogP contribution in [0.2, 0.25) is 6.32 Å². The lowest BCUT2D eigenvalue weighted by molar-refractivity contribution is 0.292. The average Bonchev–Trinajstić information content (AvgIpc) is 3.08. The van der Waals surface area contributed by atoms with Gasteiger partial charge in [0.15, 0.2) is 11.5 Å². The van der Waals surface area contributed by atoms with Crippen molar-refractivity contribution in [1.29, 1.82) is 0 Å². The molecule has 1 N–H and O–H groups in total. The van der Waals surface area contributed by atoms with E-state index in [9.17, 15) is 5.02 Å². The van der Waals surface area contributed by atoms with Gasteiger partial charge in [-0.15, -0.1) is 0 Å². The fourth-order valence-electron chi connectivity index (χ4n) is 3.22. The van der Waals surface area contributed by atoms with Gasteiger partial charge in [-0.05, 0) is 49.0 Å². The predicted octanol–water partition coefficient (Wildman–Crippen LogP) is 3.31. The molecule has 1 aromatic carbocycles. The molecule has 25 heavy (non-hydrogen) atoms. The number of hydrogen-bond acceptors (Lipinski definition) is 5. The van der Waals surface area contributed by atoms with Crippen molar-refractivity contribution in [2.24, 2.45) is 0 Å². The van der Waals surface area contributed by atoms with Gasteiger partial charge >= 0.3 is 7.12 Å². The van der Waals surface area contributed by atoms with E-state index in [1.807, 2.05) is 31.3 Å². The van der Waals surface area contributed by atoms with Gasteiger partial charge in [0.1, 0.15) is 0 Å². The lowest BCUT2D eigenvalue weighted by atomic mass is 9.79. The van der Waals surface area contributed by atoms with Crippen LogP contribution in [0.1, 0.15) is 31.0 Å². The third-order valence-electron chi connectivity index (χ3n) is 4.55. The molecule has 132 valence electrons. The van der Waals surface area contributed by atoms with E-state index in [0.717, 1.165) is 40.3 Å². The first-order valence-electron chi connectivity index (χ1n) is 8.75. The summed E-state index contributed by atoms with van der Waals surface area (Å²) in [6.45, 7) is 5.16. The van der Waals surface area contributed by atoms with Crippen molar-refractivity contribution in [3.63, 3.8) is 0 Å². The Morgan fingerprint density at radius 2 is 2.12 bits per heavy atom. The Hall–Kier alpha value is -2.05. The molecule has 0 unspecified atom stereocenters. The summed E-state index contributed by atoms with van der Waals surface area (Å²) in [7, 11) is 0.965. The van der Waals surface area contributed by atoms with Crippen molar-refractivity contribution in [1.82, 2.24) is 4.98 Å². The minimum Gasteiger partial charge on any atom is -0.493 e. The number of methoxy groups -OCH3 is 1. The first-order chi connectivity index (χ1) is 12.2. The SMILES string of the molecule is CCOc1cc(-c2cc([C@@H]3COB(O)C3)cnc2CC)ccc1OC. The van der Waals surface area contributed by atoms with E-state index in [-0.39, 0.29) is 5.92 Å². The number of pyridine rings is 1. The van der Waals surface area contributed by atoms with Crippen LogP contribution in [0.5, 0.6) is 11.5 Å². The van der Waals surface area contributed by atoms with E-state index in [4.69, 9.17) is 14.1 Å². The molecule has 3 rings (SSSR count). The summed E-state index contributed by atoms with van der Waals surface area (Å²) >= 11 is 0. The van der Waals surface area contributed by atoms with Crippen molar-refractivity contribution in [3.8, 4) is 22.6 Å². The summed E-state index contributed by atoms with van der Waals surface area (Å²) < 4.78 is 16.4. The minimum atomic E-state index is -0.676. The second-order valence-corrected chi connectivity index (χ2v) is 6.14. The molecule has 0 saturated carbocycles. The molecule has 1 aromatic heterocycles. The molecule has 1 aliphatic heterocycles. The summed E-state index contributed by atoms with van der Waals surface area (Å²) in [6, 6.07) is 8.12. The van der Waals surface area contributed by atoms with Crippen molar-refractivity contribution in [3.05, 3.63) is 41.7 Å². The van der Waals surface area contributed by atoms with E-state index in [2.05, 4.69) is 18.0 Å². The third-order valence-corrected chi connectivity index (χ3v) is 4.55. The molecule has 1 saturated heterocycles. The normalized spacial score (nSPS) is 17.0. The molecule has 1 atom stereocenters. The van der Waals surface area contributed by atoms with Crippen molar-refractivity contribution in [2.45, 2.75) is 32.5 Å². The molecule has 1 fully saturated rings. The fraction of sp³-hybridized carbons (Fsp3) is 0.421. The van der Waals surface area contributed by atoms with Crippen LogP contribution >= 0.6 is 0 Å². The quantitative estimate of drug-likeness (QED) is 0.817. The summed E-state index contributed by atoms with van der Waals surface area (Å²) in [5, 5.41) is 9.63. The molecule has 0 radical (unpaired) electrons. The maximum absolute atomic E-state index is 9.63. The summed E-state index contributed by atoms with van der Waals surface area (Å²) in [5.74, 6) is 1.63. The van der Waals surface area contributed by atoms with Crippen LogP contribution < -0.4 is 9.47 Å². The van der Waals surface area contributed by atoms with Crippen LogP contribution in [-0.4, -0.2) is 37.4 Å². The van der Waals surface area contributed by atoms with E-state index in [1.54, 1.807) is 7.11 Å². The van der Waals surface area contributed by atoms with Gasteiger partial charge in [0.2, 0.25) is 0 Å². The first kappa shape index (κ1) is 17.8. The van der Waals surface area contributed by atoms with E-state index in [0.29, 0.717) is 19.5 Å². The zero-order valence-electron chi connectivity index (χ0n) is 15.0. The highest BCUT2D eigenvalue weighted by Gasteiger charge is 2.30. The lowest BCUT2D eigenvalue weighted by Gasteiger charge is -2.15. The number of nitrogens with zero attached hydrogens (tertiary/aromatic N) is 1. The standard InChI is InChI=1S/C19H24BNO4/c1-4-17-16(8-14(11-21-17)15-10-20(22)25-12-15)13-6-7-18(23-3)19(9-13)24-5-2/h6-9,11,15,22H,4-5,10,12H2,1-3H3/t15-/m0/s1. The van der Waals surface area contributed by atoms with Crippen molar-refractivity contribution in [2.75, 3.05) is 20.3 Å². The van der Waals surface area contributed by atoms with Gasteiger partial charge < -0.3 is 19.2 Å². The van der Waals surface area contributed by atoms with Gasteiger partial charge in [-0.3, -0.25) is 4.98 Å². The maximum atomic E-state index is 9.63. The fourth-order valence-corrected chi connectivity index (χ4v) is 3.22. The summed E-state index contributed by atoms with van der Waals surface area (Å²) in [6.07, 6.45) is 3.36. The molecular formula is C19H24BNO4. The van der Waals surface area contributed by atoms with Crippen LogP contribution in [0.25, 0.3) is 11.1 Å². The molecular weight excluding hydrogens is 317 g/mol. The highest BCUT2D eigenvalue weighted by molar-refractivity contribution is 6.43. The van der Waals surface area contributed by atoms with E-state index in [1.165, 1.54) is 0 Å². The van der Waals surface area contributed by atoms with Gasteiger partial charge in [-0.2, -0.15) is 0 Å². The smallest absolute Gasteiger partial charge is 0.454 e. The number of aryl methyl sites for hydroxylation is 1. The number of benzene rings is 1. The Labute approximate surface area is 149 Å². The number of hydrogen-bond donors (Lipinski definition) is 1. The Morgan fingerprint density at radius 1 is 1.28 bits per heavy atom. The zero-order chi connectivity index (χ0) is 17.8. The van der Waals surface area contributed by atoms with Crippen LogP contribution in [0.15, 0.2) is 30.5 Å². The van der Waals surface area contributed by atoms with Crippen LogP contribution in [0, 0.1) is 0 Å². The highest BCUT2D eigenvalue weighted by atomic mass is 16.5. The molecule has 2 heterocycles. The Kier molecular flexibility index (Phi) is 5.61. The van der Waals surface area contributed by atoms with Gasteiger partial charge in [0.05, 0.1) is 13.7 Å². The number of aromatic nitrogens is 1. The van der Waals surface area contributed by atoms with Crippen LogP contribution in [0.4, 0.5) is 0 Å². The minimum absolute atomic E-state index is 0.178. The summed E-state index contributed by atoms with van der Waals surface area (Å²) in [5.41, 5.74) is 4.27. The lowest BCUT2D eigenvalue weighted by Crippen LogP contribution is -2.08. The van der Waals surface area contributed by atoms with Crippen LogP contribution in [0.3, 0.4) is 0 Å². The highest BCUT2D eigenvalue weighted by Crippen LogP contribution is 2.36. The zero-order valence-corrected chi connectivity index (χ0v) is 15.0. The van der Waals surface area contributed by atoms with Crippen molar-refractivity contribution >= 4 is 7.12 Å².